The lowest BCUT2D eigenvalue weighted by molar-refractivity contribution is 0.194. The molecule has 2 aromatic rings. The van der Waals surface area contributed by atoms with Gasteiger partial charge in [-0.3, -0.25) is 0 Å². The monoisotopic (exact) mass is 341 g/mol. The van der Waals surface area contributed by atoms with Gasteiger partial charge < -0.3 is 15.1 Å². The maximum Gasteiger partial charge on any atom is 0.317 e. The van der Waals surface area contributed by atoms with Crippen LogP contribution >= 0.6 is 0 Å². The van der Waals surface area contributed by atoms with Gasteiger partial charge in [0.1, 0.15) is 5.82 Å². The number of carbonyl (C=O) groups is 1. The van der Waals surface area contributed by atoms with Gasteiger partial charge in [-0.15, -0.1) is 0 Å². The molecule has 2 amide bonds. The van der Waals surface area contributed by atoms with Crippen LogP contribution in [0.15, 0.2) is 42.5 Å². The number of anilines is 1. The predicted octanol–water partition coefficient (Wildman–Crippen LogP) is 3.47. The van der Waals surface area contributed by atoms with Crippen molar-refractivity contribution in [3.8, 4) is 0 Å². The lowest BCUT2D eigenvalue weighted by atomic mass is 10.1. The first-order valence-electron chi connectivity index (χ1n) is 8.62. The summed E-state index contributed by atoms with van der Waals surface area (Å²) in [7, 11) is 0. The Hall–Kier alpha value is -2.56. The van der Waals surface area contributed by atoms with E-state index in [2.05, 4.69) is 42.3 Å². The van der Waals surface area contributed by atoms with Gasteiger partial charge in [0.2, 0.25) is 0 Å². The van der Waals surface area contributed by atoms with Crippen LogP contribution in [0.3, 0.4) is 0 Å². The minimum atomic E-state index is -0.266. The quantitative estimate of drug-likeness (QED) is 0.928. The van der Waals surface area contributed by atoms with Crippen molar-refractivity contribution in [2.75, 3.05) is 31.1 Å². The van der Waals surface area contributed by atoms with Gasteiger partial charge in [-0.2, -0.15) is 0 Å². The van der Waals surface area contributed by atoms with Crippen molar-refractivity contribution in [3.63, 3.8) is 0 Å². The number of urea groups is 1. The fraction of sp³-hybridized carbons (Fsp3) is 0.350. The van der Waals surface area contributed by atoms with Crippen LogP contribution in [0.4, 0.5) is 14.9 Å². The van der Waals surface area contributed by atoms with E-state index in [4.69, 9.17) is 0 Å². The van der Waals surface area contributed by atoms with Crippen molar-refractivity contribution in [2.45, 2.75) is 20.4 Å². The highest BCUT2D eigenvalue weighted by atomic mass is 19.1. The molecule has 0 unspecified atom stereocenters. The second-order valence-corrected chi connectivity index (χ2v) is 6.55. The number of aryl methyl sites for hydroxylation is 2. The molecular formula is C20H24FN3O. The van der Waals surface area contributed by atoms with Gasteiger partial charge in [0.25, 0.3) is 0 Å². The normalized spacial score (nSPS) is 14.5. The zero-order valence-corrected chi connectivity index (χ0v) is 14.8. The number of rotatable bonds is 3. The average Bonchev–Trinajstić information content (AvgIpc) is 2.61. The van der Waals surface area contributed by atoms with Crippen molar-refractivity contribution in [1.82, 2.24) is 10.2 Å². The van der Waals surface area contributed by atoms with Gasteiger partial charge in [-0.25, -0.2) is 9.18 Å². The Morgan fingerprint density at radius 3 is 2.36 bits per heavy atom. The Morgan fingerprint density at radius 1 is 1.04 bits per heavy atom. The van der Waals surface area contributed by atoms with Gasteiger partial charge in [0.05, 0.1) is 0 Å². The van der Waals surface area contributed by atoms with E-state index in [9.17, 15) is 9.18 Å². The molecule has 2 aromatic carbocycles. The molecule has 0 bridgehead atoms. The molecule has 5 heteroatoms. The molecule has 0 aromatic heterocycles. The molecule has 0 atom stereocenters. The maximum absolute atomic E-state index is 12.9. The highest BCUT2D eigenvalue weighted by Crippen LogP contribution is 2.22. The van der Waals surface area contributed by atoms with Gasteiger partial charge in [-0.1, -0.05) is 29.8 Å². The number of benzene rings is 2. The number of nitrogens with zero attached hydrogens (tertiary/aromatic N) is 2. The smallest absolute Gasteiger partial charge is 0.317 e. The summed E-state index contributed by atoms with van der Waals surface area (Å²) in [4.78, 5) is 16.5. The van der Waals surface area contributed by atoms with Crippen molar-refractivity contribution in [3.05, 3.63) is 65.0 Å². The molecule has 3 rings (SSSR count). The summed E-state index contributed by atoms with van der Waals surface area (Å²) in [6.07, 6.45) is 0. The number of carbonyl (C=O) groups excluding carboxylic acids is 1. The Bertz CT molecular complexity index is 737. The highest BCUT2D eigenvalue weighted by Gasteiger charge is 2.21. The Morgan fingerprint density at radius 2 is 1.72 bits per heavy atom. The van der Waals surface area contributed by atoms with Crippen LogP contribution in [0.5, 0.6) is 0 Å². The highest BCUT2D eigenvalue weighted by molar-refractivity contribution is 5.74. The molecule has 1 aliphatic rings. The standard InChI is InChI=1S/C20H24FN3O/c1-15-3-8-19(16(2)13-15)23-9-11-24(12-10-23)20(25)22-14-17-4-6-18(21)7-5-17/h3-8,13H,9-12,14H2,1-2H3,(H,22,25). The minimum absolute atomic E-state index is 0.0652. The van der Waals surface area contributed by atoms with Crippen LogP contribution in [0.25, 0.3) is 0 Å². The van der Waals surface area contributed by atoms with E-state index in [-0.39, 0.29) is 11.8 Å². The topological polar surface area (TPSA) is 35.6 Å². The molecule has 1 heterocycles. The maximum atomic E-state index is 12.9. The van der Waals surface area contributed by atoms with Gasteiger partial charge in [-0.05, 0) is 43.2 Å². The molecule has 132 valence electrons. The van der Waals surface area contributed by atoms with Crippen LogP contribution in [-0.2, 0) is 6.54 Å². The molecule has 0 radical (unpaired) electrons. The van der Waals surface area contributed by atoms with Crippen LogP contribution < -0.4 is 10.2 Å². The van der Waals surface area contributed by atoms with E-state index in [1.165, 1.54) is 28.9 Å². The lowest BCUT2D eigenvalue weighted by Gasteiger charge is -2.36. The second kappa shape index (κ2) is 7.55. The molecule has 25 heavy (non-hydrogen) atoms. The van der Waals surface area contributed by atoms with Crippen molar-refractivity contribution in [2.24, 2.45) is 0 Å². The zero-order valence-electron chi connectivity index (χ0n) is 14.8. The average molecular weight is 341 g/mol. The second-order valence-electron chi connectivity index (χ2n) is 6.55. The predicted molar refractivity (Wildman–Crippen MR) is 98.3 cm³/mol. The largest absolute Gasteiger partial charge is 0.368 e. The summed E-state index contributed by atoms with van der Waals surface area (Å²) in [6, 6.07) is 12.6. The fourth-order valence-electron chi connectivity index (χ4n) is 3.20. The third-order valence-electron chi connectivity index (χ3n) is 4.62. The minimum Gasteiger partial charge on any atom is -0.368 e. The number of piperazine rings is 1. The zero-order chi connectivity index (χ0) is 17.8. The molecule has 1 fully saturated rings. The molecule has 4 nitrogen and oxygen atoms in total. The van der Waals surface area contributed by atoms with E-state index in [1.54, 1.807) is 12.1 Å². The fourth-order valence-corrected chi connectivity index (χ4v) is 3.20. The molecule has 0 aliphatic carbocycles. The van der Waals surface area contributed by atoms with E-state index in [1.807, 2.05) is 4.90 Å². The number of nitrogens with one attached hydrogen (secondary N) is 1. The number of hydrogen-bond donors (Lipinski definition) is 1. The van der Waals surface area contributed by atoms with Crippen LogP contribution in [0.2, 0.25) is 0 Å². The SMILES string of the molecule is Cc1ccc(N2CCN(C(=O)NCc3ccc(F)cc3)CC2)c(C)c1. The summed E-state index contributed by atoms with van der Waals surface area (Å²) in [5.41, 5.74) is 4.68. The summed E-state index contributed by atoms with van der Waals surface area (Å²) in [5, 5.41) is 2.91. The molecular weight excluding hydrogens is 317 g/mol. The summed E-state index contributed by atoms with van der Waals surface area (Å²) >= 11 is 0. The van der Waals surface area contributed by atoms with E-state index >= 15 is 0 Å². The first kappa shape index (κ1) is 17.3. The summed E-state index contributed by atoms with van der Waals surface area (Å²) in [5.74, 6) is -0.266. The lowest BCUT2D eigenvalue weighted by Crippen LogP contribution is -2.51. The van der Waals surface area contributed by atoms with Gasteiger partial charge in [0, 0.05) is 38.4 Å². The molecule has 1 saturated heterocycles. The van der Waals surface area contributed by atoms with Crippen molar-refractivity contribution in [1.29, 1.82) is 0 Å². The molecule has 0 spiro atoms. The Balaban J connectivity index is 1.51. The first-order chi connectivity index (χ1) is 12.0. The Labute approximate surface area is 148 Å². The van der Waals surface area contributed by atoms with Crippen LogP contribution in [-0.4, -0.2) is 37.1 Å². The van der Waals surface area contributed by atoms with E-state index in [0.29, 0.717) is 19.6 Å². The van der Waals surface area contributed by atoms with Gasteiger partial charge in [0.15, 0.2) is 0 Å². The first-order valence-corrected chi connectivity index (χ1v) is 8.62. The Kier molecular flexibility index (Phi) is 5.22. The van der Waals surface area contributed by atoms with Crippen molar-refractivity contribution >= 4 is 11.7 Å². The van der Waals surface area contributed by atoms with Crippen LogP contribution in [0, 0.1) is 19.7 Å². The third-order valence-corrected chi connectivity index (χ3v) is 4.62. The third kappa shape index (κ3) is 4.29. The number of hydrogen-bond acceptors (Lipinski definition) is 2. The van der Waals surface area contributed by atoms with Crippen molar-refractivity contribution < 1.29 is 9.18 Å². The molecule has 1 N–H and O–H groups in total. The summed E-state index contributed by atoms with van der Waals surface area (Å²) in [6.45, 7) is 7.69. The van der Waals surface area contributed by atoms with Crippen LogP contribution in [0.1, 0.15) is 16.7 Å². The van der Waals surface area contributed by atoms with Gasteiger partial charge >= 0.3 is 6.03 Å². The summed E-state index contributed by atoms with van der Waals surface area (Å²) < 4.78 is 12.9. The van der Waals surface area contributed by atoms with E-state index in [0.717, 1.165) is 18.7 Å². The van der Waals surface area contributed by atoms with E-state index < -0.39 is 0 Å². The molecule has 1 aliphatic heterocycles. The number of halogens is 1. The number of amides is 2. The molecule has 0 saturated carbocycles.